The van der Waals surface area contributed by atoms with Crippen molar-refractivity contribution < 1.29 is 14.3 Å². The number of carbonyl (C=O) groups is 1. The molecule has 2 aromatic carbocycles. The average molecular weight is 400 g/mol. The van der Waals surface area contributed by atoms with Crippen LogP contribution in [-0.2, 0) is 11.2 Å². The molecule has 0 aromatic heterocycles. The second-order valence-electron chi connectivity index (χ2n) is 7.33. The molecule has 2 aromatic rings. The fraction of sp³-hybridized carbons (Fsp3) is 0.320. The second-order valence-corrected chi connectivity index (χ2v) is 7.33. The predicted molar refractivity (Wildman–Crippen MR) is 114 cm³/mol. The van der Waals surface area contributed by atoms with Gasteiger partial charge in [0.05, 0.1) is 0 Å². The Labute approximate surface area is 177 Å². The first kappa shape index (κ1) is 21.1. The highest BCUT2D eigenvalue weighted by Gasteiger charge is 2.25. The van der Waals surface area contributed by atoms with Crippen LogP contribution in [-0.4, -0.2) is 19.0 Å². The molecule has 1 unspecified atom stereocenters. The van der Waals surface area contributed by atoms with Gasteiger partial charge in [-0.25, -0.2) is 0 Å². The van der Waals surface area contributed by atoms with Crippen LogP contribution >= 0.6 is 0 Å². The Bertz CT molecular complexity index is 1010. The summed E-state index contributed by atoms with van der Waals surface area (Å²) >= 11 is 0. The number of nitrogens with zero attached hydrogens (tertiary/aromatic N) is 2. The summed E-state index contributed by atoms with van der Waals surface area (Å²) in [4.78, 5) is 12.4. The summed E-state index contributed by atoms with van der Waals surface area (Å²) in [6.45, 7) is 1.72. The molecule has 0 heterocycles. The summed E-state index contributed by atoms with van der Waals surface area (Å²) in [7, 11) is 0. The standard InChI is InChI=1S/C25H24N2O3/c1-18-15-21(28)10-9-20(8-7-19-5-3-2-4-6-19)23-16-22(29-13-11-26)17-24(25(18)23)30-14-12-27/h2-6,15-17,20H,7-10,13-14H2,1H3/b18-15-. The van der Waals surface area contributed by atoms with Gasteiger partial charge in [0.2, 0.25) is 0 Å². The first-order valence-electron chi connectivity index (χ1n) is 10.0. The number of nitriles is 2. The number of ether oxygens (including phenoxy) is 2. The van der Waals surface area contributed by atoms with Crippen molar-refractivity contribution in [3.63, 3.8) is 0 Å². The van der Waals surface area contributed by atoms with Crippen molar-refractivity contribution in [1.82, 2.24) is 0 Å². The summed E-state index contributed by atoms with van der Waals surface area (Å²) in [5.41, 5.74) is 3.95. The van der Waals surface area contributed by atoms with Gasteiger partial charge in [-0.3, -0.25) is 4.79 Å². The lowest BCUT2D eigenvalue weighted by atomic mass is 9.81. The Kier molecular flexibility index (Phi) is 7.24. The Morgan fingerprint density at radius 1 is 1.07 bits per heavy atom. The minimum atomic E-state index is -0.107. The minimum absolute atomic E-state index is 0.0710. The fourth-order valence-electron chi connectivity index (χ4n) is 3.92. The van der Waals surface area contributed by atoms with Crippen molar-refractivity contribution in [2.45, 2.75) is 38.5 Å². The molecule has 0 bridgehead atoms. The first-order valence-corrected chi connectivity index (χ1v) is 10.0. The van der Waals surface area contributed by atoms with Crippen LogP contribution < -0.4 is 9.47 Å². The molecule has 5 heteroatoms. The molecule has 0 saturated carbocycles. The quantitative estimate of drug-likeness (QED) is 0.655. The molecule has 30 heavy (non-hydrogen) atoms. The number of fused-ring (bicyclic) bond motifs is 1. The lowest BCUT2D eigenvalue weighted by molar-refractivity contribution is -0.114. The number of carbonyl (C=O) groups excluding carboxylic acids is 1. The lowest BCUT2D eigenvalue weighted by Crippen LogP contribution is -2.12. The molecule has 0 N–H and O–H groups in total. The van der Waals surface area contributed by atoms with Gasteiger partial charge in [-0.2, -0.15) is 10.5 Å². The number of aryl methyl sites for hydroxylation is 1. The van der Waals surface area contributed by atoms with E-state index in [1.54, 1.807) is 12.1 Å². The molecule has 0 fully saturated rings. The largest absolute Gasteiger partial charge is 0.479 e. The van der Waals surface area contributed by atoms with Crippen LogP contribution in [0.2, 0.25) is 0 Å². The van der Waals surface area contributed by atoms with E-state index in [-0.39, 0.29) is 24.9 Å². The van der Waals surface area contributed by atoms with Gasteiger partial charge >= 0.3 is 0 Å². The smallest absolute Gasteiger partial charge is 0.174 e. The van der Waals surface area contributed by atoms with E-state index >= 15 is 0 Å². The highest BCUT2D eigenvalue weighted by Crippen LogP contribution is 2.42. The van der Waals surface area contributed by atoms with Crippen molar-refractivity contribution in [3.8, 4) is 23.6 Å². The number of hydrogen-bond acceptors (Lipinski definition) is 5. The van der Waals surface area contributed by atoms with E-state index in [0.29, 0.717) is 17.9 Å². The van der Waals surface area contributed by atoms with E-state index < -0.39 is 0 Å². The molecule has 1 aliphatic rings. The number of ketones is 1. The van der Waals surface area contributed by atoms with E-state index in [2.05, 4.69) is 12.1 Å². The van der Waals surface area contributed by atoms with E-state index in [1.165, 1.54) is 5.56 Å². The average Bonchev–Trinajstić information content (AvgIpc) is 2.75. The van der Waals surface area contributed by atoms with Crippen LogP contribution in [0.1, 0.15) is 48.8 Å². The predicted octanol–water partition coefficient (Wildman–Crippen LogP) is 4.97. The molecular weight excluding hydrogens is 376 g/mol. The molecule has 152 valence electrons. The molecular formula is C25H24N2O3. The second kappa shape index (κ2) is 10.3. The van der Waals surface area contributed by atoms with E-state index in [1.807, 2.05) is 43.3 Å². The summed E-state index contributed by atoms with van der Waals surface area (Å²) < 4.78 is 11.3. The van der Waals surface area contributed by atoms with Crippen molar-refractivity contribution in [2.24, 2.45) is 0 Å². The molecule has 0 aliphatic heterocycles. The zero-order valence-corrected chi connectivity index (χ0v) is 17.1. The van der Waals surface area contributed by atoms with Crippen molar-refractivity contribution in [1.29, 1.82) is 10.5 Å². The highest BCUT2D eigenvalue weighted by molar-refractivity contribution is 5.98. The molecule has 5 nitrogen and oxygen atoms in total. The molecule has 0 amide bonds. The maximum Gasteiger partial charge on any atom is 0.174 e. The molecule has 1 aliphatic carbocycles. The third-order valence-electron chi connectivity index (χ3n) is 5.28. The van der Waals surface area contributed by atoms with E-state index in [9.17, 15) is 4.79 Å². The lowest BCUT2D eigenvalue weighted by Gasteiger charge is -2.25. The van der Waals surface area contributed by atoms with Gasteiger partial charge in [0.1, 0.15) is 23.6 Å². The maximum atomic E-state index is 12.4. The molecule has 1 atom stereocenters. The summed E-state index contributed by atoms with van der Waals surface area (Å²) in [6, 6.07) is 17.9. The zero-order valence-electron chi connectivity index (χ0n) is 17.1. The number of hydrogen-bond donors (Lipinski definition) is 0. The molecule has 0 spiro atoms. The normalized spacial score (nSPS) is 17.4. The van der Waals surface area contributed by atoms with Gasteiger partial charge in [0, 0.05) is 18.1 Å². The van der Waals surface area contributed by atoms with Crippen LogP contribution in [0, 0.1) is 22.7 Å². The monoisotopic (exact) mass is 400 g/mol. The van der Waals surface area contributed by atoms with Gasteiger partial charge in [0.25, 0.3) is 0 Å². The number of benzene rings is 2. The first-order chi connectivity index (χ1) is 14.6. The Morgan fingerprint density at radius 3 is 2.53 bits per heavy atom. The van der Waals surface area contributed by atoms with Gasteiger partial charge in [0.15, 0.2) is 19.0 Å². The van der Waals surface area contributed by atoms with Crippen molar-refractivity contribution in [2.75, 3.05) is 13.2 Å². The SMILES string of the molecule is C/C1=C/C(=O)CCC(CCc2ccccc2)c2cc(OCC#N)cc(OCC#N)c21. The maximum absolute atomic E-state index is 12.4. The summed E-state index contributed by atoms with van der Waals surface area (Å²) in [6.07, 6.45) is 4.62. The van der Waals surface area contributed by atoms with E-state index in [0.717, 1.165) is 36.0 Å². The third-order valence-corrected chi connectivity index (χ3v) is 5.28. The van der Waals surface area contributed by atoms with Crippen LogP contribution in [0.25, 0.3) is 5.57 Å². The van der Waals surface area contributed by atoms with Crippen LogP contribution in [0.5, 0.6) is 11.5 Å². The number of rotatable bonds is 7. The van der Waals surface area contributed by atoms with Gasteiger partial charge in [-0.1, -0.05) is 30.3 Å². The third kappa shape index (κ3) is 5.27. The minimum Gasteiger partial charge on any atom is -0.479 e. The number of allylic oxidation sites excluding steroid dienone is 2. The highest BCUT2D eigenvalue weighted by atomic mass is 16.5. The van der Waals surface area contributed by atoms with Crippen molar-refractivity contribution >= 4 is 11.4 Å². The molecule has 0 radical (unpaired) electrons. The fourth-order valence-corrected chi connectivity index (χ4v) is 3.92. The van der Waals surface area contributed by atoms with Crippen LogP contribution in [0.15, 0.2) is 48.5 Å². The Hall–Kier alpha value is -3.57. The van der Waals surface area contributed by atoms with Crippen LogP contribution in [0.3, 0.4) is 0 Å². The topological polar surface area (TPSA) is 83.1 Å². The zero-order chi connectivity index (χ0) is 21.3. The molecule has 3 rings (SSSR count). The molecule has 0 saturated heterocycles. The van der Waals surface area contributed by atoms with E-state index in [4.69, 9.17) is 20.0 Å². The van der Waals surface area contributed by atoms with Crippen LogP contribution in [0.4, 0.5) is 0 Å². The Morgan fingerprint density at radius 2 is 1.80 bits per heavy atom. The van der Waals surface area contributed by atoms with Gasteiger partial charge < -0.3 is 9.47 Å². The summed E-state index contributed by atoms with van der Waals surface area (Å²) in [5.74, 6) is 1.27. The summed E-state index contributed by atoms with van der Waals surface area (Å²) in [5, 5.41) is 17.9. The van der Waals surface area contributed by atoms with Crippen molar-refractivity contribution in [3.05, 3.63) is 65.2 Å². The van der Waals surface area contributed by atoms with Gasteiger partial charge in [-0.05, 0) is 60.9 Å². The van der Waals surface area contributed by atoms with Gasteiger partial charge in [-0.15, -0.1) is 0 Å². The Balaban J connectivity index is 2.05.